The Bertz CT molecular complexity index is 632. The summed E-state index contributed by atoms with van der Waals surface area (Å²) in [5, 5.41) is 0. The van der Waals surface area contributed by atoms with Crippen molar-refractivity contribution in [1.82, 2.24) is 4.90 Å². The SMILES string of the molecule is CC(=O)N1C=Cc2ccccc2C1CC(=O)OCC1CCCCC1. The molecular formula is C20H25NO3. The van der Waals surface area contributed by atoms with E-state index in [1.807, 2.05) is 30.3 Å². The van der Waals surface area contributed by atoms with E-state index in [9.17, 15) is 9.59 Å². The van der Waals surface area contributed by atoms with Crippen molar-refractivity contribution in [2.75, 3.05) is 6.61 Å². The zero-order valence-corrected chi connectivity index (χ0v) is 14.2. The predicted molar refractivity (Wildman–Crippen MR) is 92.9 cm³/mol. The molecule has 128 valence electrons. The first-order valence-corrected chi connectivity index (χ1v) is 8.87. The largest absolute Gasteiger partial charge is 0.465 e. The summed E-state index contributed by atoms with van der Waals surface area (Å²) in [7, 11) is 0. The van der Waals surface area contributed by atoms with Gasteiger partial charge in [0, 0.05) is 13.1 Å². The van der Waals surface area contributed by atoms with Crippen LogP contribution < -0.4 is 0 Å². The van der Waals surface area contributed by atoms with Crippen LogP contribution in [0.25, 0.3) is 6.08 Å². The molecule has 1 aliphatic heterocycles. The zero-order chi connectivity index (χ0) is 16.9. The molecule has 3 rings (SSSR count). The third kappa shape index (κ3) is 3.86. The first-order chi connectivity index (χ1) is 11.6. The lowest BCUT2D eigenvalue weighted by atomic mass is 9.90. The molecular weight excluding hydrogens is 302 g/mol. The molecule has 0 aromatic heterocycles. The molecule has 2 aliphatic rings. The Balaban J connectivity index is 1.65. The molecule has 1 aromatic rings. The summed E-state index contributed by atoms with van der Waals surface area (Å²) in [5.41, 5.74) is 2.06. The van der Waals surface area contributed by atoms with Crippen LogP contribution in [0.3, 0.4) is 0 Å². The lowest BCUT2D eigenvalue weighted by Gasteiger charge is -2.32. The van der Waals surface area contributed by atoms with E-state index in [1.165, 1.54) is 26.2 Å². The summed E-state index contributed by atoms with van der Waals surface area (Å²) in [6, 6.07) is 7.61. The summed E-state index contributed by atoms with van der Waals surface area (Å²) in [5.74, 6) is 0.220. The Morgan fingerprint density at radius 3 is 2.67 bits per heavy atom. The van der Waals surface area contributed by atoms with Crippen molar-refractivity contribution in [3.05, 3.63) is 41.6 Å². The van der Waals surface area contributed by atoms with Crippen LogP contribution in [-0.4, -0.2) is 23.4 Å². The molecule has 4 heteroatoms. The van der Waals surface area contributed by atoms with Gasteiger partial charge in [0.15, 0.2) is 0 Å². The number of nitrogens with zero attached hydrogens (tertiary/aromatic N) is 1. The highest BCUT2D eigenvalue weighted by Gasteiger charge is 2.29. The Morgan fingerprint density at radius 2 is 1.92 bits per heavy atom. The van der Waals surface area contributed by atoms with Gasteiger partial charge in [0.25, 0.3) is 0 Å². The van der Waals surface area contributed by atoms with Gasteiger partial charge in [0.2, 0.25) is 5.91 Å². The third-order valence-corrected chi connectivity index (χ3v) is 5.03. The van der Waals surface area contributed by atoms with Crippen LogP contribution in [0.4, 0.5) is 0 Å². The molecule has 1 saturated carbocycles. The minimum Gasteiger partial charge on any atom is -0.465 e. The van der Waals surface area contributed by atoms with Crippen molar-refractivity contribution in [3.63, 3.8) is 0 Å². The van der Waals surface area contributed by atoms with Gasteiger partial charge < -0.3 is 9.64 Å². The quantitative estimate of drug-likeness (QED) is 0.783. The monoisotopic (exact) mass is 327 g/mol. The van der Waals surface area contributed by atoms with E-state index in [4.69, 9.17) is 4.74 Å². The first kappa shape index (κ1) is 16.7. The first-order valence-electron chi connectivity index (χ1n) is 8.87. The summed E-state index contributed by atoms with van der Waals surface area (Å²) >= 11 is 0. The van der Waals surface area contributed by atoms with Gasteiger partial charge in [0.1, 0.15) is 0 Å². The number of esters is 1. The topological polar surface area (TPSA) is 46.6 Å². The number of carbonyl (C=O) groups excluding carboxylic acids is 2. The van der Waals surface area contributed by atoms with Crippen molar-refractivity contribution < 1.29 is 14.3 Å². The minimum absolute atomic E-state index is 0.0640. The van der Waals surface area contributed by atoms with E-state index in [1.54, 1.807) is 11.1 Å². The van der Waals surface area contributed by atoms with Crippen LogP contribution in [0.1, 0.15) is 62.6 Å². The number of carbonyl (C=O) groups is 2. The fraction of sp³-hybridized carbons (Fsp3) is 0.500. The molecule has 0 radical (unpaired) electrons. The van der Waals surface area contributed by atoms with E-state index in [0.717, 1.165) is 24.0 Å². The Labute approximate surface area is 143 Å². The van der Waals surface area contributed by atoms with Gasteiger partial charge in [0.05, 0.1) is 19.1 Å². The Hall–Kier alpha value is -2.10. The summed E-state index contributed by atoms with van der Waals surface area (Å²) < 4.78 is 5.53. The smallest absolute Gasteiger partial charge is 0.308 e. The van der Waals surface area contributed by atoms with E-state index in [2.05, 4.69) is 0 Å². The van der Waals surface area contributed by atoms with Gasteiger partial charge in [-0.25, -0.2) is 0 Å². The van der Waals surface area contributed by atoms with Crippen molar-refractivity contribution in [1.29, 1.82) is 0 Å². The standard InChI is InChI=1S/C20H25NO3/c1-15(22)21-12-11-17-9-5-6-10-18(17)19(21)13-20(23)24-14-16-7-3-2-4-8-16/h5-6,9-12,16,19H,2-4,7-8,13-14H2,1H3. The highest BCUT2D eigenvalue weighted by Crippen LogP contribution is 2.33. The highest BCUT2D eigenvalue weighted by molar-refractivity contribution is 5.80. The minimum atomic E-state index is -0.275. The molecule has 24 heavy (non-hydrogen) atoms. The molecule has 0 N–H and O–H groups in total. The van der Waals surface area contributed by atoms with Crippen LogP contribution in [0.2, 0.25) is 0 Å². The van der Waals surface area contributed by atoms with E-state index in [0.29, 0.717) is 12.5 Å². The molecule has 0 spiro atoms. The second-order valence-electron chi connectivity index (χ2n) is 6.78. The number of amides is 1. The Kier molecular flexibility index (Phi) is 5.34. The molecule has 4 nitrogen and oxygen atoms in total. The summed E-state index contributed by atoms with van der Waals surface area (Å²) in [4.78, 5) is 25.9. The maximum absolute atomic E-state index is 12.3. The van der Waals surface area contributed by atoms with Gasteiger partial charge in [-0.15, -0.1) is 0 Å². The molecule has 1 aromatic carbocycles. The average Bonchev–Trinajstić information content (AvgIpc) is 2.61. The molecule has 0 saturated heterocycles. The lowest BCUT2D eigenvalue weighted by molar-refractivity contribution is -0.147. The highest BCUT2D eigenvalue weighted by atomic mass is 16.5. The predicted octanol–water partition coefficient (Wildman–Crippen LogP) is 4.07. The van der Waals surface area contributed by atoms with Crippen LogP contribution in [0, 0.1) is 5.92 Å². The van der Waals surface area contributed by atoms with E-state index < -0.39 is 0 Å². The molecule has 1 aliphatic carbocycles. The van der Waals surface area contributed by atoms with Gasteiger partial charge in [-0.05, 0) is 36.0 Å². The zero-order valence-electron chi connectivity index (χ0n) is 14.2. The number of benzene rings is 1. The van der Waals surface area contributed by atoms with Crippen molar-refractivity contribution in [2.45, 2.75) is 51.5 Å². The maximum atomic E-state index is 12.3. The van der Waals surface area contributed by atoms with Crippen LogP contribution in [0.15, 0.2) is 30.5 Å². The van der Waals surface area contributed by atoms with Gasteiger partial charge in [-0.1, -0.05) is 43.5 Å². The van der Waals surface area contributed by atoms with E-state index in [-0.39, 0.29) is 24.3 Å². The third-order valence-electron chi connectivity index (χ3n) is 5.03. The van der Waals surface area contributed by atoms with Crippen LogP contribution in [-0.2, 0) is 14.3 Å². The number of ether oxygens (including phenoxy) is 1. The Morgan fingerprint density at radius 1 is 1.17 bits per heavy atom. The average molecular weight is 327 g/mol. The molecule has 1 heterocycles. The van der Waals surface area contributed by atoms with Gasteiger partial charge >= 0.3 is 5.97 Å². The molecule has 1 fully saturated rings. The fourth-order valence-corrected chi connectivity index (χ4v) is 3.69. The van der Waals surface area contributed by atoms with Crippen molar-refractivity contribution >= 4 is 18.0 Å². The maximum Gasteiger partial charge on any atom is 0.308 e. The number of rotatable bonds is 4. The molecule has 0 bridgehead atoms. The molecule has 1 amide bonds. The second-order valence-corrected chi connectivity index (χ2v) is 6.78. The summed E-state index contributed by atoms with van der Waals surface area (Å²) in [6.07, 6.45) is 9.97. The summed E-state index contributed by atoms with van der Waals surface area (Å²) in [6.45, 7) is 2.04. The molecule has 1 unspecified atom stereocenters. The number of fused-ring (bicyclic) bond motifs is 1. The fourth-order valence-electron chi connectivity index (χ4n) is 3.69. The van der Waals surface area contributed by atoms with Crippen molar-refractivity contribution in [2.24, 2.45) is 5.92 Å². The van der Waals surface area contributed by atoms with Crippen molar-refractivity contribution in [3.8, 4) is 0 Å². The van der Waals surface area contributed by atoms with Crippen LogP contribution >= 0.6 is 0 Å². The lowest BCUT2D eigenvalue weighted by Crippen LogP contribution is -2.32. The number of hydrogen-bond donors (Lipinski definition) is 0. The number of hydrogen-bond acceptors (Lipinski definition) is 3. The molecule has 1 atom stereocenters. The second kappa shape index (κ2) is 7.65. The normalized spacial score (nSPS) is 20.5. The van der Waals surface area contributed by atoms with Crippen LogP contribution in [0.5, 0.6) is 0 Å². The van der Waals surface area contributed by atoms with E-state index >= 15 is 0 Å². The van der Waals surface area contributed by atoms with Gasteiger partial charge in [-0.2, -0.15) is 0 Å². The van der Waals surface area contributed by atoms with Gasteiger partial charge in [-0.3, -0.25) is 9.59 Å².